The Hall–Kier alpha value is -2.74. The molecule has 0 radical (unpaired) electrons. The molecule has 1 aromatic heterocycles. The first-order valence-electron chi connectivity index (χ1n) is 5.99. The number of aromatic carboxylic acids is 1. The number of hydrogen-bond acceptors (Lipinski definition) is 4. The molecule has 1 N–H and O–H groups in total. The Morgan fingerprint density at radius 1 is 1.45 bits per heavy atom. The third kappa shape index (κ3) is 2.98. The molecule has 1 atom stereocenters. The Kier molecular flexibility index (Phi) is 4.06. The van der Waals surface area contributed by atoms with Crippen LogP contribution in [-0.4, -0.2) is 18.2 Å². The first kappa shape index (κ1) is 13.7. The van der Waals surface area contributed by atoms with Gasteiger partial charge >= 0.3 is 5.97 Å². The molecular formula is C15H13NO4. The van der Waals surface area contributed by atoms with E-state index in [0.29, 0.717) is 17.9 Å². The van der Waals surface area contributed by atoms with E-state index in [4.69, 9.17) is 14.3 Å². The van der Waals surface area contributed by atoms with Gasteiger partial charge in [0.1, 0.15) is 11.5 Å². The van der Waals surface area contributed by atoms with Crippen molar-refractivity contribution in [3.05, 3.63) is 53.5 Å². The lowest BCUT2D eigenvalue weighted by molar-refractivity contribution is 0.0660. The number of carbonyl (C=O) groups is 1. The number of carboxylic acid groups (broad SMARTS) is 1. The first-order valence-corrected chi connectivity index (χ1v) is 5.99. The summed E-state index contributed by atoms with van der Waals surface area (Å²) in [5.41, 5.74) is 0.806. The van der Waals surface area contributed by atoms with Gasteiger partial charge in [0.2, 0.25) is 5.76 Å². The van der Waals surface area contributed by atoms with Gasteiger partial charge in [-0.25, -0.2) is 4.79 Å². The number of furan rings is 1. The topological polar surface area (TPSA) is 83.5 Å². The predicted molar refractivity (Wildman–Crippen MR) is 70.7 cm³/mol. The Bertz CT molecular complexity index is 654. The number of hydrogen-bond donors (Lipinski definition) is 1. The van der Waals surface area contributed by atoms with Crippen LogP contribution in [0.4, 0.5) is 0 Å². The molecule has 1 aromatic carbocycles. The second-order valence-corrected chi connectivity index (χ2v) is 4.23. The zero-order valence-corrected chi connectivity index (χ0v) is 10.9. The summed E-state index contributed by atoms with van der Waals surface area (Å²) in [6, 6.07) is 12.4. The highest BCUT2D eigenvalue weighted by molar-refractivity contribution is 5.84. The normalized spacial score (nSPS) is 11.6. The average Bonchev–Trinajstić information content (AvgIpc) is 2.93. The van der Waals surface area contributed by atoms with Crippen molar-refractivity contribution in [3.63, 3.8) is 0 Å². The van der Waals surface area contributed by atoms with E-state index in [2.05, 4.69) is 6.07 Å². The van der Waals surface area contributed by atoms with Crippen LogP contribution in [0, 0.1) is 11.3 Å². The van der Waals surface area contributed by atoms with E-state index in [-0.39, 0.29) is 5.76 Å². The second kappa shape index (κ2) is 5.93. The van der Waals surface area contributed by atoms with Crippen molar-refractivity contribution in [2.45, 2.75) is 12.3 Å². The van der Waals surface area contributed by atoms with Gasteiger partial charge < -0.3 is 14.3 Å². The number of benzene rings is 1. The third-order valence-corrected chi connectivity index (χ3v) is 2.93. The van der Waals surface area contributed by atoms with Crippen LogP contribution in [0.25, 0.3) is 0 Å². The molecule has 0 aliphatic carbocycles. The van der Waals surface area contributed by atoms with Gasteiger partial charge in [0.25, 0.3) is 0 Å². The van der Waals surface area contributed by atoms with E-state index in [0.717, 1.165) is 5.56 Å². The minimum atomic E-state index is -1.12. The summed E-state index contributed by atoms with van der Waals surface area (Å²) < 4.78 is 10.3. The summed E-state index contributed by atoms with van der Waals surface area (Å²) in [7, 11) is 1.56. The van der Waals surface area contributed by atoms with Crippen molar-refractivity contribution < 1.29 is 19.1 Å². The molecule has 0 amide bonds. The third-order valence-electron chi connectivity index (χ3n) is 2.93. The van der Waals surface area contributed by atoms with Crippen molar-refractivity contribution in [2.75, 3.05) is 7.11 Å². The maximum atomic E-state index is 10.7. The van der Waals surface area contributed by atoms with Gasteiger partial charge in [-0.2, -0.15) is 5.26 Å². The number of nitriles is 1. The minimum Gasteiger partial charge on any atom is -0.497 e. The maximum absolute atomic E-state index is 10.7. The summed E-state index contributed by atoms with van der Waals surface area (Å²) in [6.07, 6.45) is 0.316. The van der Waals surface area contributed by atoms with Gasteiger partial charge in [0.05, 0.1) is 19.1 Å². The van der Waals surface area contributed by atoms with Crippen LogP contribution in [0.15, 0.2) is 40.8 Å². The quantitative estimate of drug-likeness (QED) is 0.904. The fourth-order valence-electron chi connectivity index (χ4n) is 1.90. The zero-order chi connectivity index (χ0) is 14.5. The van der Waals surface area contributed by atoms with Crippen LogP contribution in [-0.2, 0) is 6.42 Å². The fraction of sp³-hybridized carbons (Fsp3) is 0.200. The number of ether oxygens (including phenoxy) is 1. The van der Waals surface area contributed by atoms with Gasteiger partial charge in [-0.05, 0) is 29.8 Å². The largest absolute Gasteiger partial charge is 0.497 e. The lowest BCUT2D eigenvalue weighted by Gasteiger charge is -2.09. The number of carboxylic acids is 1. The molecule has 102 valence electrons. The molecule has 0 aliphatic rings. The fourth-order valence-corrected chi connectivity index (χ4v) is 1.90. The van der Waals surface area contributed by atoms with Crippen LogP contribution in [0.2, 0.25) is 0 Å². The van der Waals surface area contributed by atoms with Gasteiger partial charge in [0, 0.05) is 6.42 Å². The van der Waals surface area contributed by atoms with Crippen LogP contribution < -0.4 is 4.74 Å². The Balaban J connectivity index is 2.19. The van der Waals surface area contributed by atoms with E-state index in [1.54, 1.807) is 25.3 Å². The highest BCUT2D eigenvalue weighted by Gasteiger charge is 2.16. The van der Waals surface area contributed by atoms with Crippen molar-refractivity contribution in [2.24, 2.45) is 0 Å². The molecule has 5 heteroatoms. The molecule has 1 unspecified atom stereocenters. The van der Waals surface area contributed by atoms with Crippen LogP contribution >= 0.6 is 0 Å². The molecule has 0 bridgehead atoms. The van der Waals surface area contributed by atoms with E-state index >= 15 is 0 Å². The summed E-state index contributed by atoms with van der Waals surface area (Å²) >= 11 is 0. The highest BCUT2D eigenvalue weighted by Crippen LogP contribution is 2.24. The van der Waals surface area contributed by atoms with E-state index in [1.807, 2.05) is 12.1 Å². The van der Waals surface area contributed by atoms with Crippen molar-refractivity contribution >= 4 is 5.97 Å². The molecule has 2 aromatic rings. The van der Waals surface area contributed by atoms with Gasteiger partial charge in [-0.1, -0.05) is 12.1 Å². The summed E-state index contributed by atoms with van der Waals surface area (Å²) in [5, 5.41) is 18.1. The van der Waals surface area contributed by atoms with Crippen molar-refractivity contribution in [1.29, 1.82) is 5.26 Å². The molecule has 0 saturated heterocycles. The SMILES string of the molecule is COc1cccc(C(C#N)Cc2ccc(C(=O)O)o2)c1. The molecule has 0 aliphatic heterocycles. The standard InChI is InChI=1S/C15H13NO4/c1-19-12-4-2-3-10(7-12)11(9-16)8-13-5-6-14(20-13)15(17)18/h2-7,11H,8H2,1H3,(H,17,18). The number of rotatable bonds is 5. The van der Waals surface area contributed by atoms with E-state index in [9.17, 15) is 10.1 Å². The van der Waals surface area contributed by atoms with Crippen LogP contribution in [0.5, 0.6) is 5.75 Å². The van der Waals surface area contributed by atoms with Crippen molar-refractivity contribution in [1.82, 2.24) is 0 Å². The maximum Gasteiger partial charge on any atom is 0.371 e. The zero-order valence-electron chi connectivity index (χ0n) is 10.9. The monoisotopic (exact) mass is 271 g/mol. The summed E-state index contributed by atoms with van der Waals surface area (Å²) in [5.74, 6) is -0.517. The Labute approximate surface area is 116 Å². The minimum absolute atomic E-state index is 0.123. The molecular weight excluding hydrogens is 258 g/mol. The number of nitrogens with zero attached hydrogens (tertiary/aromatic N) is 1. The number of methoxy groups -OCH3 is 1. The highest BCUT2D eigenvalue weighted by atomic mass is 16.5. The van der Waals surface area contributed by atoms with Gasteiger partial charge in [-0.15, -0.1) is 0 Å². The molecule has 2 rings (SSSR count). The Morgan fingerprint density at radius 3 is 2.85 bits per heavy atom. The smallest absolute Gasteiger partial charge is 0.371 e. The lowest BCUT2D eigenvalue weighted by Crippen LogP contribution is -2.00. The van der Waals surface area contributed by atoms with E-state index in [1.165, 1.54) is 6.07 Å². The van der Waals surface area contributed by atoms with Crippen molar-refractivity contribution in [3.8, 4) is 11.8 Å². The average molecular weight is 271 g/mol. The molecule has 1 heterocycles. The lowest BCUT2D eigenvalue weighted by atomic mass is 9.96. The van der Waals surface area contributed by atoms with Crippen LogP contribution in [0.1, 0.15) is 27.8 Å². The molecule has 0 fully saturated rings. The second-order valence-electron chi connectivity index (χ2n) is 4.23. The van der Waals surface area contributed by atoms with E-state index < -0.39 is 11.9 Å². The van der Waals surface area contributed by atoms with Gasteiger partial charge in [0.15, 0.2) is 0 Å². The summed E-state index contributed by atoms with van der Waals surface area (Å²) in [6.45, 7) is 0. The molecule has 0 spiro atoms. The first-order chi connectivity index (χ1) is 9.63. The Morgan fingerprint density at radius 2 is 2.25 bits per heavy atom. The van der Waals surface area contributed by atoms with Gasteiger partial charge in [-0.3, -0.25) is 0 Å². The molecule has 20 heavy (non-hydrogen) atoms. The van der Waals surface area contributed by atoms with Crippen LogP contribution in [0.3, 0.4) is 0 Å². The molecule has 0 saturated carbocycles. The summed E-state index contributed by atoms with van der Waals surface area (Å²) in [4.78, 5) is 10.7. The predicted octanol–water partition coefficient (Wildman–Crippen LogP) is 2.84. The molecule has 5 nitrogen and oxygen atoms in total.